The van der Waals surface area contributed by atoms with Crippen LogP contribution in [0.25, 0.3) is 0 Å². The summed E-state index contributed by atoms with van der Waals surface area (Å²) in [6.07, 6.45) is 1.15. The van der Waals surface area contributed by atoms with Crippen molar-refractivity contribution in [2.24, 2.45) is 0 Å². The molecular formula is C9H13NO3. The second-order valence-electron chi connectivity index (χ2n) is 2.58. The van der Waals surface area contributed by atoms with Gasteiger partial charge in [-0.15, -0.1) is 0 Å². The van der Waals surface area contributed by atoms with Crippen LogP contribution in [0.4, 0.5) is 0 Å². The lowest BCUT2D eigenvalue weighted by Gasteiger charge is -2.14. The Bertz CT molecular complexity index is 245. The van der Waals surface area contributed by atoms with Gasteiger partial charge in [-0.3, -0.25) is 4.79 Å². The predicted octanol–water partition coefficient (Wildman–Crippen LogP) is 0.708. The fraction of sp³-hybridized carbons (Fsp3) is 0.333. The number of hydrogen-bond donors (Lipinski definition) is 0. The Morgan fingerprint density at radius 1 is 1.54 bits per heavy atom. The van der Waals surface area contributed by atoms with Crippen LogP contribution in [0, 0.1) is 0 Å². The lowest BCUT2D eigenvalue weighted by atomic mass is 10.4. The van der Waals surface area contributed by atoms with Crippen LogP contribution >= 0.6 is 0 Å². The van der Waals surface area contributed by atoms with Gasteiger partial charge in [0.1, 0.15) is 0 Å². The number of rotatable bonds is 4. The van der Waals surface area contributed by atoms with Gasteiger partial charge >= 0.3 is 5.97 Å². The number of amides is 1. The van der Waals surface area contributed by atoms with E-state index in [9.17, 15) is 9.59 Å². The van der Waals surface area contributed by atoms with Crippen LogP contribution in [0.2, 0.25) is 0 Å². The highest BCUT2D eigenvalue weighted by atomic mass is 16.5. The van der Waals surface area contributed by atoms with Crippen molar-refractivity contribution in [1.82, 2.24) is 4.90 Å². The van der Waals surface area contributed by atoms with Crippen molar-refractivity contribution in [3.05, 3.63) is 24.8 Å². The molecule has 72 valence electrons. The van der Waals surface area contributed by atoms with Crippen LogP contribution in [0.1, 0.15) is 6.92 Å². The van der Waals surface area contributed by atoms with E-state index in [1.807, 2.05) is 0 Å². The van der Waals surface area contributed by atoms with Crippen molar-refractivity contribution in [2.45, 2.75) is 6.92 Å². The van der Waals surface area contributed by atoms with Gasteiger partial charge in [0.05, 0.1) is 0 Å². The molecule has 0 atom stereocenters. The summed E-state index contributed by atoms with van der Waals surface area (Å²) in [5.74, 6) is -0.807. The quantitative estimate of drug-likeness (QED) is 0.366. The fourth-order valence-electron chi connectivity index (χ4n) is 0.498. The number of likely N-dealkylation sites (N-methyl/N-ethyl adjacent to an activating group) is 1. The van der Waals surface area contributed by atoms with Crippen molar-refractivity contribution in [1.29, 1.82) is 0 Å². The predicted molar refractivity (Wildman–Crippen MR) is 48.7 cm³/mol. The fourth-order valence-corrected chi connectivity index (χ4v) is 0.498. The van der Waals surface area contributed by atoms with Crippen LogP contribution in [-0.4, -0.2) is 30.6 Å². The van der Waals surface area contributed by atoms with Crippen molar-refractivity contribution in [3.8, 4) is 0 Å². The van der Waals surface area contributed by atoms with E-state index in [-0.39, 0.29) is 12.6 Å². The molecule has 4 nitrogen and oxygen atoms in total. The SMILES string of the molecule is C=CC(=O)N(C)COC(=O)C(=C)C. The molecule has 0 fully saturated rings. The Kier molecular flexibility index (Phi) is 4.51. The standard InChI is InChI=1S/C9H13NO3/c1-5-8(11)10(4)6-13-9(12)7(2)3/h5H,1-2,6H2,3-4H3. The highest BCUT2D eigenvalue weighted by molar-refractivity contribution is 5.88. The molecule has 0 aliphatic heterocycles. The van der Waals surface area contributed by atoms with Gasteiger partial charge in [-0.2, -0.15) is 0 Å². The van der Waals surface area contributed by atoms with E-state index in [4.69, 9.17) is 4.74 Å². The van der Waals surface area contributed by atoms with Gasteiger partial charge in [-0.1, -0.05) is 13.2 Å². The molecule has 0 unspecified atom stereocenters. The summed E-state index contributed by atoms with van der Waals surface area (Å²) >= 11 is 0. The molecule has 0 aliphatic carbocycles. The molecule has 0 radical (unpaired) electrons. The summed E-state index contributed by atoms with van der Waals surface area (Å²) in [4.78, 5) is 23.0. The van der Waals surface area contributed by atoms with Gasteiger partial charge < -0.3 is 9.64 Å². The largest absolute Gasteiger partial charge is 0.441 e. The summed E-state index contributed by atoms with van der Waals surface area (Å²) in [6.45, 7) is 8.15. The molecule has 0 saturated carbocycles. The van der Waals surface area contributed by atoms with Crippen LogP contribution < -0.4 is 0 Å². The number of carbonyl (C=O) groups excluding carboxylic acids is 2. The number of hydrogen-bond acceptors (Lipinski definition) is 3. The summed E-state index contributed by atoms with van der Waals surface area (Å²) in [5, 5.41) is 0. The Morgan fingerprint density at radius 3 is 2.46 bits per heavy atom. The molecule has 13 heavy (non-hydrogen) atoms. The molecule has 0 saturated heterocycles. The highest BCUT2D eigenvalue weighted by Gasteiger charge is 2.07. The minimum absolute atomic E-state index is 0.0868. The summed E-state index contributed by atoms with van der Waals surface area (Å²) in [7, 11) is 1.51. The van der Waals surface area contributed by atoms with E-state index in [1.54, 1.807) is 0 Å². The maximum Gasteiger partial charge on any atom is 0.334 e. The van der Waals surface area contributed by atoms with Gasteiger partial charge in [0.25, 0.3) is 0 Å². The van der Waals surface area contributed by atoms with Gasteiger partial charge in [0, 0.05) is 12.6 Å². The zero-order chi connectivity index (χ0) is 10.4. The molecule has 0 rings (SSSR count). The Hall–Kier alpha value is -1.58. The monoisotopic (exact) mass is 183 g/mol. The second-order valence-corrected chi connectivity index (χ2v) is 2.58. The molecule has 0 aromatic rings. The topological polar surface area (TPSA) is 46.6 Å². The Labute approximate surface area is 77.5 Å². The first-order valence-electron chi connectivity index (χ1n) is 3.69. The van der Waals surface area contributed by atoms with Crippen LogP contribution in [0.15, 0.2) is 24.8 Å². The molecule has 0 bridgehead atoms. The third kappa shape index (κ3) is 4.10. The normalized spacial score (nSPS) is 8.77. The third-order valence-electron chi connectivity index (χ3n) is 1.29. The lowest BCUT2D eigenvalue weighted by molar-refractivity contribution is -0.146. The summed E-state index contributed by atoms with van der Waals surface area (Å²) < 4.78 is 4.71. The molecule has 1 amide bonds. The maximum absolute atomic E-state index is 10.9. The minimum atomic E-state index is -0.510. The van der Waals surface area contributed by atoms with Crippen LogP contribution in [0.5, 0.6) is 0 Å². The Balaban J connectivity index is 3.89. The van der Waals surface area contributed by atoms with E-state index in [2.05, 4.69) is 13.2 Å². The average Bonchev–Trinajstić information content (AvgIpc) is 2.11. The van der Waals surface area contributed by atoms with Crippen LogP contribution in [-0.2, 0) is 14.3 Å². The van der Waals surface area contributed by atoms with Crippen molar-refractivity contribution < 1.29 is 14.3 Å². The number of ether oxygens (including phenoxy) is 1. The van der Waals surface area contributed by atoms with Gasteiger partial charge in [0.15, 0.2) is 6.73 Å². The lowest BCUT2D eigenvalue weighted by Crippen LogP contribution is -2.28. The molecule has 0 heterocycles. The maximum atomic E-state index is 10.9. The summed E-state index contributed by atoms with van der Waals surface area (Å²) in [5.41, 5.74) is 0.305. The smallest absolute Gasteiger partial charge is 0.334 e. The van der Waals surface area contributed by atoms with Gasteiger partial charge in [0.2, 0.25) is 5.91 Å². The Morgan fingerprint density at radius 2 is 2.08 bits per heavy atom. The number of esters is 1. The first-order chi connectivity index (χ1) is 5.99. The first kappa shape index (κ1) is 11.4. The molecule has 0 N–H and O–H groups in total. The number of nitrogens with zero attached hydrogens (tertiary/aromatic N) is 1. The zero-order valence-electron chi connectivity index (χ0n) is 7.87. The first-order valence-corrected chi connectivity index (χ1v) is 3.69. The molecule has 0 aliphatic rings. The van der Waals surface area contributed by atoms with Crippen molar-refractivity contribution in [2.75, 3.05) is 13.8 Å². The zero-order valence-corrected chi connectivity index (χ0v) is 7.87. The minimum Gasteiger partial charge on any atom is -0.441 e. The van der Waals surface area contributed by atoms with Crippen molar-refractivity contribution >= 4 is 11.9 Å². The van der Waals surface area contributed by atoms with E-state index in [1.165, 1.54) is 18.9 Å². The number of carbonyl (C=O) groups is 2. The third-order valence-corrected chi connectivity index (χ3v) is 1.29. The van der Waals surface area contributed by atoms with E-state index >= 15 is 0 Å². The average molecular weight is 183 g/mol. The molecule has 4 heteroatoms. The highest BCUT2D eigenvalue weighted by Crippen LogP contribution is 1.94. The van der Waals surface area contributed by atoms with Crippen LogP contribution in [0.3, 0.4) is 0 Å². The molecule has 0 spiro atoms. The van der Waals surface area contributed by atoms with Gasteiger partial charge in [-0.05, 0) is 13.0 Å². The van der Waals surface area contributed by atoms with E-state index in [0.29, 0.717) is 5.57 Å². The summed E-state index contributed by atoms with van der Waals surface area (Å²) in [6, 6.07) is 0. The molecular weight excluding hydrogens is 170 g/mol. The van der Waals surface area contributed by atoms with Gasteiger partial charge in [-0.25, -0.2) is 4.79 Å². The second kappa shape index (κ2) is 5.13. The van der Waals surface area contributed by atoms with Crippen molar-refractivity contribution in [3.63, 3.8) is 0 Å². The molecule has 0 aromatic carbocycles. The van der Waals surface area contributed by atoms with E-state index in [0.717, 1.165) is 6.08 Å². The van der Waals surface area contributed by atoms with E-state index < -0.39 is 5.97 Å². The molecule has 0 aromatic heterocycles.